The molecule has 1 N–H and O–H groups in total. The summed E-state index contributed by atoms with van der Waals surface area (Å²) >= 11 is 13.7. The molecule has 0 unspecified atom stereocenters. The molecule has 2 aromatic rings. The van der Waals surface area contributed by atoms with E-state index in [1.807, 2.05) is 6.07 Å². The third-order valence-corrected chi connectivity index (χ3v) is 7.52. The summed E-state index contributed by atoms with van der Waals surface area (Å²) in [5.74, 6) is 1.92. The van der Waals surface area contributed by atoms with Gasteiger partial charge in [0.2, 0.25) is 15.9 Å². The first-order chi connectivity index (χ1) is 15.2. The lowest BCUT2D eigenvalue weighted by Gasteiger charge is -2.29. The molecule has 0 saturated carbocycles. The number of hydrogen-bond acceptors (Lipinski definition) is 6. The molecule has 0 radical (unpaired) electrons. The Bertz CT molecular complexity index is 1080. The van der Waals surface area contributed by atoms with Crippen molar-refractivity contribution in [3.8, 4) is 11.5 Å². The molecule has 1 heterocycles. The number of fused-ring (bicyclic) bond motifs is 1. The van der Waals surface area contributed by atoms with Gasteiger partial charge in [0.1, 0.15) is 19.3 Å². The van der Waals surface area contributed by atoms with Crippen LogP contribution in [0.1, 0.15) is 12.5 Å². The predicted octanol–water partition coefficient (Wildman–Crippen LogP) is 3.97. The molecule has 1 atom stereocenters. The van der Waals surface area contributed by atoms with Gasteiger partial charge in [-0.25, -0.2) is 8.42 Å². The number of rotatable bonds is 9. The van der Waals surface area contributed by atoms with Crippen molar-refractivity contribution in [2.45, 2.75) is 18.7 Å². The van der Waals surface area contributed by atoms with Crippen molar-refractivity contribution in [1.82, 2.24) is 5.32 Å². The number of amides is 1. The van der Waals surface area contributed by atoms with E-state index in [2.05, 4.69) is 5.32 Å². The summed E-state index contributed by atoms with van der Waals surface area (Å²) in [5.41, 5.74) is 1.30. The van der Waals surface area contributed by atoms with Crippen LogP contribution in [-0.4, -0.2) is 52.1 Å². The summed E-state index contributed by atoms with van der Waals surface area (Å²) in [6.45, 7) is 2.75. The number of nitrogens with one attached hydrogen (secondary N) is 1. The maximum absolute atomic E-state index is 12.7. The van der Waals surface area contributed by atoms with E-state index in [1.54, 1.807) is 49.0 Å². The van der Waals surface area contributed by atoms with Gasteiger partial charge in [0.25, 0.3) is 0 Å². The second-order valence-electron chi connectivity index (χ2n) is 7.14. The highest BCUT2D eigenvalue weighted by molar-refractivity contribution is 7.98. The number of benzene rings is 2. The average molecular weight is 519 g/mol. The lowest BCUT2D eigenvalue weighted by atomic mass is 10.2. The molecule has 1 aliphatic heterocycles. The van der Waals surface area contributed by atoms with E-state index in [0.29, 0.717) is 58.5 Å². The number of carbonyl (C=O) groups is 1. The topological polar surface area (TPSA) is 84.9 Å². The highest BCUT2D eigenvalue weighted by Crippen LogP contribution is 2.35. The number of nitrogens with zero attached hydrogens (tertiary/aromatic N) is 1. The van der Waals surface area contributed by atoms with Gasteiger partial charge in [-0.15, -0.1) is 0 Å². The van der Waals surface area contributed by atoms with Crippen LogP contribution < -0.4 is 19.1 Å². The van der Waals surface area contributed by atoms with Gasteiger partial charge in [-0.2, -0.15) is 11.8 Å². The van der Waals surface area contributed by atoms with Gasteiger partial charge in [0.15, 0.2) is 11.5 Å². The molecule has 0 aromatic heterocycles. The van der Waals surface area contributed by atoms with Gasteiger partial charge in [-0.3, -0.25) is 9.10 Å². The number of thioether (sulfide) groups is 1. The standard InChI is InChI=1S/C21H24Cl2N2O5S2/c1-14(21(26)24-7-10-31-13-15-3-4-16(22)11-18(15)23)25(32(2,27)28)17-5-6-19-20(12-17)30-9-8-29-19/h3-6,11-12,14H,7-10,13H2,1-2H3,(H,24,26)/t14-/m0/s1. The quantitative estimate of drug-likeness (QED) is 0.505. The molecule has 3 rings (SSSR count). The summed E-state index contributed by atoms with van der Waals surface area (Å²) in [7, 11) is -3.72. The molecule has 32 heavy (non-hydrogen) atoms. The Labute approximate surface area is 202 Å². The number of anilines is 1. The molecular formula is C21H24Cl2N2O5S2. The molecule has 0 spiro atoms. The van der Waals surface area contributed by atoms with Gasteiger partial charge >= 0.3 is 0 Å². The highest BCUT2D eigenvalue weighted by Gasteiger charge is 2.30. The SMILES string of the molecule is C[C@@H](C(=O)NCCSCc1ccc(Cl)cc1Cl)N(c1ccc2c(c1)OCCO2)S(C)(=O)=O. The molecule has 0 saturated heterocycles. The zero-order chi connectivity index (χ0) is 23.3. The second-order valence-corrected chi connectivity index (χ2v) is 11.0. The fourth-order valence-electron chi connectivity index (χ4n) is 3.19. The Balaban J connectivity index is 1.58. The largest absolute Gasteiger partial charge is 0.486 e. The van der Waals surface area contributed by atoms with E-state index in [9.17, 15) is 13.2 Å². The van der Waals surface area contributed by atoms with Gasteiger partial charge in [-0.1, -0.05) is 29.3 Å². The van der Waals surface area contributed by atoms with Crippen LogP contribution in [0.15, 0.2) is 36.4 Å². The predicted molar refractivity (Wildman–Crippen MR) is 130 cm³/mol. The number of hydrogen-bond donors (Lipinski definition) is 1. The van der Waals surface area contributed by atoms with Crippen molar-refractivity contribution >= 4 is 56.6 Å². The Kier molecular flexibility index (Phi) is 8.43. The van der Waals surface area contributed by atoms with Crippen LogP contribution >= 0.6 is 35.0 Å². The van der Waals surface area contributed by atoms with Crippen molar-refractivity contribution < 1.29 is 22.7 Å². The number of ether oxygens (including phenoxy) is 2. The van der Waals surface area contributed by atoms with Crippen LogP contribution in [0.4, 0.5) is 5.69 Å². The minimum atomic E-state index is -3.72. The second kappa shape index (κ2) is 10.9. The molecule has 174 valence electrons. The zero-order valence-electron chi connectivity index (χ0n) is 17.6. The minimum absolute atomic E-state index is 0.339. The van der Waals surface area contributed by atoms with Crippen molar-refractivity contribution in [2.24, 2.45) is 0 Å². The van der Waals surface area contributed by atoms with E-state index >= 15 is 0 Å². The molecule has 1 amide bonds. The van der Waals surface area contributed by atoms with E-state index in [0.717, 1.165) is 16.1 Å². The number of sulfonamides is 1. The minimum Gasteiger partial charge on any atom is -0.486 e. The number of carbonyl (C=O) groups excluding carboxylic acids is 1. The van der Waals surface area contributed by atoms with E-state index in [4.69, 9.17) is 32.7 Å². The van der Waals surface area contributed by atoms with Gasteiger partial charge in [0.05, 0.1) is 11.9 Å². The molecule has 0 fully saturated rings. The Hall–Kier alpha value is -1.81. The Morgan fingerprint density at radius 3 is 2.56 bits per heavy atom. The smallest absolute Gasteiger partial charge is 0.243 e. The molecule has 0 aliphatic carbocycles. The Morgan fingerprint density at radius 2 is 1.88 bits per heavy atom. The lowest BCUT2D eigenvalue weighted by molar-refractivity contribution is -0.121. The van der Waals surface area contributed by atoms with Crippen molar-refractivity contribution in [3.05, 3.63) is 52.0 Å². The highest BCUT2D eigenvalue weighted by atomic mass is 35.5. The molecule has 7 nitrogen and oxygen atoms in total. The molecule has 2 aromatic carbocycles. The first-order valence-corrected chi connectivity index (χ1v) is 13.6. The monoisotopic (exact) mass is 518 g/mol. The third kappa shape index (κ3) is 6.37. The van der Waals surface area contributed by atoms with Gasteiger partial charge in [-0.05, 0) is 36.8 Å². The molecule has 1 aliphatic rings. The van der Waals surface area contributed by atoms with Gasteiger partial charge in [0, 0.05) is 34.2 Å². The van der Waals surface area contributed by atoms with E-state index in [-0.39, 0.29) is 0 Å². The van der Waals surface area contributed by atoms with Crippen molar-refractivity contribution in [3.63, 3.8) is 0 Å². The maximum Gasteiger partial charge on any atom is 0.243 e. The van der Waals surface area contributed by atoms with Crippen LogP contribution in [0.3, 0.4) is 0 Å². The lowest BCUT2D eigenvalue weighted by Crippen LogP contribution is -2.48. The fourth-order valence-corrected chi connectivity index (χ4v) is 5.78. The van der Waals surface area contributed by atoms with Gasteiger partial charge < -0.3 is 14.8 Å². The molecule has 11 heteroatoms. The van der Waals surface area contributed by atoms with Crippen molar-refractivity contribution in [1.29, 1.82) is 0 Å². The molecule has 0 bridgehead atoms. The summed E-state index contributed by atoms with van der Waals surface area (Å²) in [6, 6.07) is 9.23. The summed E-state index contributed by atoms with van der Waals surface area (Å²) in [4.78, 5) is 12.7. The fraction of sp³-hybridized carbons (Fsp3) is 0.381. The maximum atomic E-state index is 12.7. The van der Waals surface area contributed by atoms with Crippen LogP contribution in [0, 0.1) is 0 Å². The van der Waals surface area contributed by atoms with E-state index < -0.39 is 22.0 Å². The van der Waals surface area contributed by atoms with Crippen LogP contribution in [0.25, 0.3) is 0 Å². The summed E-state index contributed by atoms with van der Waals surface area (Å²) in [6.07, 6.45) is 1.07. The first-order valence-electron chi connectivity index (χ1n) is 9.85. The van der Waals surface area contributed by atoms with Crippen LogP contribution in [0.5, 0.6) is 11.5 Å². The molecular weight excluding hydrogens is 495 g/mol. The van der Waals surface area contributed by atoms with E-state index in [1.165, 1.54) is 0 Å². The third-order valence-electron chi connectivity index (χ3n) is 4.69. The van der Waals surface area contributed by atoms with Crippen LogP contribution in [0.2, 0.25) is 10.0 Å². The van der Waals surface area contributed by atoms with Crippen LogP contribution in [-0.2, 0) is 20.6 Å². The zero-order valence-corrected chi connectivity index (χ0v) is 20.8. The summed E-state index contributed by atoms with van der Waals surface area (Å²) < 4.78 is 37.1. The number of halogens is 2. The summed E-state index contributed by atoms with van der Waals surface area (Å²) in [5, 5.41) is 3.99. The van der Waals surface area contributed by atoms with Crippen molar-refractivity contribution in [2.75, 3.05) is 36.1 Å². The Morgan fingerprint density at radius 1 is 1.16 bits per heavy atom. The average Bonchev–Trinajstić information content (AvgIpc) is 2.73. The first kappa shape index (κ1) is 24.8. The normalized spacial score (nSPS) is 14.0.